The van der Waals surface area contributed by atoms with Gasteiger partial charge in [-0.25, -0.2) is 4.79 Å². The third-order valence-electron chi connectivity index (χ3n) is 11.5. The highest BCUT2D eigenvalue weighted by Gasteiger charge is 2.80. The number of hydrogen-bond acceptors (Lipinski definition) is 6. The van der Waals surface area contributed by atoms with Crippen molar-refractivity contribution in [3.63, 3.8) is 0 Å². The van der Waals surface area contributed by atoms with E-state index in [-0.39, 0.29) is 53.0 Å². The van der Waals surface area contributed by atoms with Gasteiger partial charge in [-0.1, -0.05) is 12.5 Å². The largest absolute Gasteiger partial charge is 0.478 e. The van der Waals surface area contributed by atoms with Crippen molar-refractivity contribution in [1.29, 1.82) is 0 Å². The number of aliphatic hydroxyl groups is 3. The van der Waals surface area contributed by atoms with Crippen LogP contribution in [0.15, 0.2) is 23.3 Å². The zero-order valence-electron chi connectivity index (χ0n) is 21.5. The number of allylic oxidation sites excluding steroid dienone is 1. The van der Waals surface area contributed by atoms with Gasteiger partial charge in [0, 0.05) is 5.57 Å². The second-order valence-corrected chi connectivity index (χ2v) is 12.7. The second kappa shape index (κ2) is 7.73. The molecule has 7 heteroatoms. The summed E-state index contributed by atoms with van der Waals surface area (Å²) in [5.74, 6) is -0.434. The Kier molecular flexibility index (Phi) is 5.55. The van der Waals surface area contributed by atoms with Gasteiger partial charge in [0.25, 0.3) is 0 Å². The van der Waals surface area contributed by atoms with Crippen LogP contribution in [0.3, 0.4) is 0 Å². The van der Waals surface area contributed by atoms with E-state index in [2.05, 4.69) is 6.92 Å². The molecule has 4 N–H and O–H groups in total. The molecule has 7 nitrogen and oxygen atoms in total. The van der Waals surface area contributed by atoms with E-state index in [1.807, 2.05) is 6.92 Å². The van der Waals surface area contributed by atoms with Gasteiger partial charge >= 0.3 is 5.97 Å². The normalized spacial score (nSPS) is 49.1. The molecule has 1 spiro atoms. The average molecular weight is 489 g/mol. The van der Waals surface area contributed by atoms with Crippen molar-refractivity contribution in [2.75, 3.05) is 0 Å². The molecule has 5 rings (SSSR count). The van der Waals surface area contributed by atoms with Gasteiger partial charge < -0.3 is 25.2 Å². The smallest absolute Gasteiger partial charge is 0.331 e. The lowest BCUT2D eigenvalue weighted by Gasteiger charge is -2.58. The summed E-state index contributed by atoms with van der Waals surface area (Å²) in [6.07, 6.45) is 5.44. The molecule has 0 aromatic carbocycles. The fourth-order valence-electron chi connectivity index (χ4n) is 9.21. The molecule has 3 saturated carbocycles. The van der Waals surface area contributed by atoms with E-state index in [9.17, 15) is 30.0 Å². The van der Waals surface area contributed by atoms with Gasteiger partial charge in [0.05, 0.1) is 23.2 Å². The average Bonchev–Trinajstić information content (AvgIpc) is 3.42. The lowest BCUT2D eigenvalue weighted by atomic mass is 9.44. The van der Waals surface area contributed by atoms with E-state index in [1.54, 1.807) is 26.0 Å². The Morgan fingerprint density at radius 2 is 1.91 bits per heavy atom. The maximum atomic E-state index is 13.3. The number of ketones is 1. The predicted octanol–water partition coefficient (Wildman–Crippen LogP) is 3.02. The van der Waals surface area contributed by atoms with Crippen molar-refractivity contribution in [3.8, 4) is 0 Å². The van der Waals surface area contributed by atoms with Crippen LogP contribution in [0.25, 0.3) is 0 Å². The molecular formula is C28H40O7. The highest BCUT2D eigenvalue weighted by Crippen LogP contribution is 2.73. The standard InChI is InChI=1S/C28H40O7/c1-14(15(2)24(32)33)12-22(31)27(5,34)19-7-6-17-16-13-23-28(35-23)21(30)9-8-20(29)26(28,4)18(16)10-11-25(17,19)3/h8-9,16-19,21-23,30-31,34H,6-7,10-13H2,1-5H3,(H,32,33)/b15-14-/t16-,17-,18-,19-,21?,22?,23?,25-,26-,27?,28?/m0/s1. The maximum absolute atomic E-state index is 13.3. The number of carboxylic acids is 1. The van der Waals surface area contributed by atoms with Crippen LogP contribution in [0.2, 0.25) is 0 Å². The zero-order chi connectivity index (χ0) is 25.7. The SMILES string of the molecule is C/C(CC(O)C(C)(O)[C@H]1CC[C@H]2[C@@H]3CC4OC45C(O)C=CC(=O)[C@]5(C)[C@H]3CC[C@]12C)=C(\C)C(=O)O. The highest BCUT2D eigenvalue weighted by atomic mass is 16.6. The number of epoxide rings is 1. The number of carbonyl (C=O) groups is 2. The van der Waals surface area contributed by atoms with Crippen LogP contribution >= 0.6 is 0 Å². The van der Waals surface area contributed by atoms with Gasteiger partial charge in [-0.05, 0) is 107 Å². The van der Waals surface area contributed by atoms with Crippen LogP contribution in [0.1, 0.15) is 73.1 Å². The first kappa shape index (κ1) is 25.1. The van der Waals surface area contributed by atoms with Crippen LogP contribution < -0.4 is 0 Å². The first-order valence-corrected chi connectivity index (χ1v) is 13.1. The van der Waals surface area contributed by atoms with Crippen LogP contribution in [0.4, 0.5) is 0 Å². The van der Waals surface area contributed by atoms with Crippen LogP contribution in [0.5, 0.6) is 0 Å². The maximum Gasteiger partial charge on any atom is 0.331 e. The van der Waals surface area contributed by atoms with Crippen LogP contribution in [0, 0.1) is 34.5 Å². The summed E-state index contributed by atoms with van der Waals surface area (Å²) in [4.78, 5) is 24.6. The van der Waals surface area contributed by atoms with Gasteiger partial charge in [0.1, 0.15) is 11.7 Å². The third-order valence-corrected chi connectivity index (χ3v) is 11.5. The monoisotopic (exact) mass is 488 g/mol. The first-order valence-electron chi connectivity index (χ1n) is 13.1. The quantitative estimate of drug-likeness (QED) is 0.346. The number of ether oxygens (including phenoxy) is 1. The number of carbonyl (C=O) groups excluding carboxylic acids is 1. The van der Waals surface area contributed by atoms with Gasteiger partial charge in [-0.3, -0.25) is 4.79 Å². The summed E-state index contributed by atoms with van der Waals surface area (Å²) in [6.45, 7) is 9.15. The lowest BCUT2D eigenvalue weighted by Crippen LogP contribution is -2.64. The molecule has 0 aromatic rings. The number of rotatable bonds is 5. The summed E-state index contributed by atoms with van der Waals surface area (Å²) >= 11 is 0. The minimum absolute atomic E-state index is 0.0524. The molecule has 0 amide bonds. The molecule has 0 radical (unpaired) electrons. The van der Waals surface area contributed by atoms with Crippen molar-refractivity contribution in [2.24, 2.45) is 34.5 Å². The van der Waals surface area contributed by atoms with Gasteiger partial charge in [-0.15, -0.1) is 0 Å². The molecule has 194 valence electrons. The molecule has 4 aliphatic carbocycles. The summed E-state index contributed by atoms with van der Waals surface area (Å²) in [5, 5.41) is 42.9. The lowest BCUT2D eigenvalue weighted by molar-refractivity contribution is -0.165. The second-order valence-electron chi connectivity index (χ2n) is 12.7. The van der Waals surface area contributed by atoms with E-state index >= 15 is 0 Å². The van der Waals surface area contributed by atoms with E-state index in [0.29, 0.717) is 5.57 Å². The summed E-state index contributed by atoms with van der Waals surface area (Å²) in [5.41, 5.74) is -2.34. The highest BCUT2D eigenvalue weighted by molar-refractivity contribution is 5.98. The van der Waals surface area contributed by atoms with Gasteiger partial charge in [0.2, 0.25) is 0 Å². The molecule has 1 heterocycles. The Labute approximate surface area is 207 Å². The molecule has 4 fully saturated rings. The molecule has 11 atom stereocenters. The van der Waals surface area contributed by atoms with Gasteiger partial charge in [0.15, 0.2) is 5.78 Å². The molecule has 0 aromatic heterocycles. The van der Waals surface area contributed by atoms with E-state index in [4.69, 9.17) is 4.74 Å². The van der Waals surface area contributed by atoms with E-state index in [1.165, 1.54) is 6.92 Å². The molecule has 0 bridgehead atoms. The summed E-state index contributed by atoms with van der Waals surface area (Å²) in [6, 6.07) is 0. The Morgan fingerprint density at radius 3 is 2.57 bits per heavy atom. The molecule has 1 aliphatic heterocycles. The Bertz CT molecular complexity index is 1010. The van der Waals surface area contributed by atoms with E-state index < -0.39 is 34.8 Å². The third kappa shape index (κ3) is 3.11. The van der Waals surface area contributed by atoms with Crippen molar-refractivity contribution in [3.05, 3.63) is 23.3 Å². The topological polar surface area (TPSA) is 128 Å². The van der Waals surface area contributed by atoms with E-state index in [0.717, 1.165) is 32.1 Å². The molecular weight excluding hydrogens is 448 g/mol. The zero-order valence-corrected chi connectivity index (χ0v) is 21.5. The fourth-order valence-corrected chi connectivity index (χ4v) is 9.21. The summed E-state index contributed by atoms with van der Waals surface area (Å²) in [7, 11) is 0. The molecule has 35 heavy (non-hydrogen) atoms. The minimum Gasteiger partial charge on any atom is -0.478 e. The van der Waals surface area contributed by atoms with Gasteiger partial charge in [-0.2, -0.15) is 0 Å². The minimum atomic E-state index is -1.37. The molecule has 1 saturated heterocycles. The van der Waals surface area contributed by atoms with Crippen molar-refractivity contribution in [1.82, 2.24) is 0 Å². The Morgan fingerprint density at radius 1 is 1.23 bits per heavy atom. The van der Waals surface area contributed by atoms with Crippen LogP contribution in [-0.4, -0.2) is 61.7 Å². The number of hydrogen-bond donors (Lipinski definition) is 4. The predicted molar refractivity (Wildman–Crippen MR) is 128 cm³/mol. The number of aliphatic carboxylic acids is 1. The first-order chi connectivity index (χ1) is 16.2. The Hall–Kier alpha value is -1.54. The Balaban J connectivity index is 1.42. The van der Waals surface area contributed by atoms with Crippen molar-refractivity contribution < 1.29 is 34.8 Å². The molecule has 5 unspecified atom stereocenters. The number of fused-ring (bicyclic) bond motifs is 4. The summed E-state index contributed by atoms with van der Waals surface area (Å²) < 4.78 is 6.18. The molecule has 5 aliphatic rings. The van der Waals surface area contributed by atoms with Crippen molar-refractivity contribution >= 4 is 11.8 Å². The van der Waals surface area contributed by atoms with Crippen LogP contribution in [-0.2, 0) is 14.3 Å². The number of carboxylic acid groups (broad SMARTS) is 1. The van der Waals surface area contributed by atoms with Crippen molar-refractivity contribution in [2.45, 2.75) is 103 Å². The fraction of sp³-hybridized carbons (Fsp3) is 0.786. The number of aliphatic hydroxyl groups excluding tert-OH is 2.